The van der Waals surface area contributed by atoms with Gasteiger partial charge in [0.15, 0.2) is 0 Å². The lowest BCUT2D eigenvalue weighted by Crippen LogP contribution is -2.33. The van der Waals surface area contributed by atoms with Gasteiger partial charge in [-0.2, -0.15) is 11.3 Å². The number of anilines is 2. The third kappa shape index (κ3) is 3.35. The van der Waals surface area contributed by atoms with Gasteiger partial charge in [0, 0.05) is 28.2 Å². The fourth-order valence-electron chi connectivity index (χ4n) is 2.77. The number of carbonyl (C=O) groups excluding carboxylic acids is 2. The molecule has 26 heavy (non-hydrogen) atoms. The largest absolute Gasteiger partial charge is 0.312 e. The number of nitrogens with zero attached hydrogens (tertiary/aromatic N) is 3. The van der Waals surface area contributed by atoms with Crippen LogP contribution in [0.2, 0.25) is 5.02 Å². The molecule has 2 amide bonds. The van der Waals surface area contributed by atoms with Crippen molar-refractivity contribution in [1.29, 1.82) is 0 Å². The first kappa shape index (κ1) is 17.1. The molecule has 1 saturated heterocycles. The minimum Gasteiger partial charge on any atom is -0.312 e. The average molecular weight is 405 g/mol. The van der Waals surface area contributed by atoms with Crippen molar-refractivity contribution in [3.63, 3.8) is 0 Å². The Hall–Kier alpha value is -2.29. The van der Waals surface area contributed by atoms with Crippen LogP contribution in [-0.2, 0) is 9.59 Å². The van der Waals surface area contributed by atoms with Crippen molar-refractivity contribution in [3.05, 3.63) is 46.1 Å². The molecular formula is C17H13ClN4O2S2. The van der Waals surface area contributed by atoms with E-state index < -0.39 is 5.92 Å². The molecule has 4 rings (SSSR count). The summed E-state index contributed by atoms with van der Waals surface area (Å²) in [6.07, 6.45) is 0.462. The fourth-order valence-corrected chi connectivity index (χ4v) is 4.35. The SMILES string of the molecule is O=C(Nc1nnc(-c2ccsc2)s1)C1CCN(c2ccc(Cl)cc2)C1=O. The fraction of sp³-hybridized carbons (Fsp3) is 0.176. The van der Waals surface area contributed by atoms with E-state index in [0.717, 1.165) is 16.3 Å². The van der Waals surface area contributed by atoms with Crippen LogP contribution < -0.4 is 10.2 Å². The molecule has 2 aromatic heterocycles. The van der Waals surface area contributed by atoms with Gasteiger partial charge in [-0.15, -0.1) is 10.2 Å². The molecule has 1 N–H and O–H groups in total. The molecule has 1 aromatic carbocycles. The predicted molar refractivity (Wildman–Crippen MR) is 104 cm³/mol. The first-order chi connectivity index (χ1) is 12.6. The highest BCUT2D eigenvalue weighted by atomic mass is 35.5. The molecule has 0 spiro atoms. The van der Waals surface area contributed by atoms with Crippen molar-refractivity contribution in [2.75, 3.05) is 16.8 Å². The lowest BCUT2D eigenvalue weighted by molar-refractivity contribution is -0.129. The maximum atomic E-state index is 12.6. The number of rotatable bonds is 4. The minimum atomic E-state index is -0.723. The molecule has 1 atom stereocenters. The summed E-state index contributed by atoms with van der Waals surface area (Å²) in [6, 6.07) is 8.95. The van der Waals surface area contributed by atoms with Crippen LogP contribution in [0.5, 0.6) is 0 Å². The summed E-state index contributed by atoms with van der Waals surface area (Å²) in [5, 5.41) is 16.5. The summed E-state index contributed by atoms with van der Waals surface area (Å²) in [5.41, 5.74) is 1.71. The zero-order valence-electron chi connectivity index (χ0n) is 13.4. The molecular weight excluding hydrogens is 392 g/mol. The maximum Gasteiger partial charge on any atom is 0.239 e. The van der Waals surface area contributed by atoms with Crippen LogP contribution in [0.1, 0.15) is 6.42 Å². The number of hydrogen-bond acceptors (Lipinski definition) is 6. The third-order valence-electron chi connectivity index (χ3n) is 4.08. The summed E-state index contributed by atoms with van der Waals surface area (Å²) in [5.74, 6) is -1.29. The quantitative estimate of drug-likeness (QED) is 0.669. The molecule has 3 heterocycles. The van der Waals surface area contributed by atoms with Crippen LogP contribution in [0, 0.1) is 5.92 Å². The predicted octanol–water partition coefficient (Wildman–Crippen LogP) is 3.91. The van der Waals surface area contributed by atoms with Gasteiger partial charge in [-0.1, -0.05) is 22.9 Å². The summed E-state index contributed by atoms with van der Waals surface area (Å²) in [6.45, 7) is 0.495. The Kier molecular flexibility index (Phi) is 4.71. The van der Waals surface area contributed by atoms with Crippen LogP contribution in [0.3, 0.4) is 0 Å². The van der Waals surface area contributed by atoms with Crippen molar-refractivity contribution >= 4 is 56.9 Å². The normalized spacial score (nSPS) is 16.9. The Balaban J connectivity index is 1.44. The number of amides is 2. The molecule has 6 nitrogen and oxygen atoms in total. The van der Waals surface area contributed by atoms with Crippen molar-refractivity contribution < 1.29 is 9.59 Å². The highest BCUT2D eigenvalue weighted by Gasteiger charge is 2.38. The number of carbonyl (C=O) groups is 2. The molecule has 1 fully saturated rings. The minimum absolute atomic E-state index is 0.215. The van der Waals surface area contributed by atoms with Gasteiger partial charge < -0.3 is 4.90 Å². The van der Waals surface area contributed by atoms with Gasteiger partial charge in [0.05, 0.1) is 0 Å². The highest BCUT2D eigenvalue weighted by Crippen LogP contribution is 2.30. The molecule has 0 radical (unpaired) electrons. The van der Waals surface area contributed by atoms with Gasteiger partial charge in [-0.3, -0.25) is 14.9 Å². The van der Waals surface area contributed by atoms with Crippen LogP contribution in [0.25, 0.3) is 10.6 Å². The van der Waals surface area contributed by atoms with E-state index in [1.54, 1.807) is 40.5 Å². The van der Waals surface area contributed by atoms with Crippen molar-refractivity contribution in [2.24, 2.45) is 5.92 Å². The third-order valence-corrected chi connectivity index (χ3v) is 5.91. The Morgan fingerprint density at radius 1 is 1.23 bits per heavy atom. The highest BCUT2D eigenvalue weighted by molar-refractivity contribution is 7.19. The van der Waals surface area contributed by atoms with Gasteiger partial charge in [0.1, 0.15) is 10.9 Å². The number of nitrogens with one attached hydrogen (secondary N) is 1. The van der Waals surface area contributed by atoms with Crippen molar-refractivity contribution in [1.82, 2.24) is 10.2 Å². The molecule has 0 aliphatic carbocycles. The monoisotopic (exact) mass is 404 g/mol. The molecule has 3 aromatic rings. The van der Waals surface area contributed by atoms with E-state index in [-0.39, 0.29) is 11.8 Å². The summed E-state index contributed by atoms with van der Waals surface area (Å²) in [4.78, 5) is 26.7. The summed E-state index contributed by atoms with van der Waals surface area (Å²) < 4.78 is 0. The zero-order chi connectivity index (χ0) is 18.1. The molecule has 1 aliphatic rings. The van der Waals surface area contributed by atoms with Gasteiger partial charge in [-0.25, -0.2) is 0 Å². The second-order valence-electron chi connectivity index (χ2n) is 5.72. The van der Waals surface area contributed by atoms with Gasteiger partial charge in [0.25, 0.3) is 0 Å². The van der Waals surface area contributed by atoms with Gasteiger partial charge >= 0.3 is 0 Å². The molecule has 132 valence electrons. The Bertz CT molecular complexity index is 940. The van der Waals surface area contributed by atoms with E-state index in [2.05, 4.69) is 15.5 Å². The topological polar surface area (TPSA) is 75.2 Å². The van der Waals surface area contributed by atoms with Crippen LogP contribution in [-0.4, -0.2) is 28.6 Å². The Morgan fingerprint density at radius 3 is 2.77 bits per heavy atom. The summed E-state index contributed by atoms with van der Waals surface area (Å²) >= 11 is 8.75. The summed E-state index contributed by atoms with van der Waals surface area (Å²) in [7, 11) is 0. The number of benzene rings is 1. The van der Waals surface area contributed by atoms with Crippen LogP contribution in [0.4, 0.5) is 10.8 Å². The number of thiophene rings is 1. The van der Waals surface area contributed by atoms with Crippen molar-refractivity contribution in [2.45, 2.75) is 6.42 Å². The molecule has 9 heteroatoms. The number of aromatic nitrogens is 2. The maximum absolute atomic E-state index is 12.6. The lowest BCUT2D eigenvalue weighted by atomic mass is 10.1. The Labute approximate surface area is 162 Å². The van der Waals surface area contributed by atoms with Crippen LogP contribution in [0.15, 0.2) is 41.1 Å². The number of halogens is 1. The van der Waals surface area contributed by atoms with E-state index >= 15 is 0 Å². The molecule has 0 saturated carbocycles. The first-order valence-corrected chi connectivity index (χ1v) is 9.99. The van der Waals surface area contributed by atoms with Crippen molar-refractivity contribution in [3.8, 4) is 10.6 Å². The van der Waals surface area contributed by atoms with E-state index in [4.69, 9.17) is 11.6 Å². The standard InChI is InChI=1S/C17H13ClN4O2S2/c18-11-1-3-12(4-2-11)22-7-5-13(16(22)24)14(23)19-17-21-20-15(26-17)10-6-8-25-9-10/h1-4,6,8-9,13H,5,7H2,(H,19,21,23). The second-order valence-corrected chi connectivity index (χ2v) is 7.92. The molecule has 0 bridgehead atoms. The van der Waals surface area contributed by atoms with E-state index in [9.17, 15) is 9.59 Å². The molecule has 1 aliphatic heterocycles. The molecule has 1 unspecified atom stereocenters. The lowest BCUT2D eigenvalue weighted by Gasteiger charge is -2.16. The first-order valence-electron chi connectivity index (χ1n) is 7.86. The van der Waals surface area contributed by atoms with E-state index in [1.165, 1.54) is 11.3 Å². The van der Waals surface area contributed by atoms with Gasteiger partial charge in [-0.05, 0) is 42.1 Å². The van der Waals surface area contributed by atoms with E-state index in [0.29, 0.717) is 23.1 Å². The number of hydrogen-bond donors (Lipinski definition) is 1. The second kappa shape index (κ2) is 7.14. The Morgan fingerprint density at radius 2 is 2.04 bits per heavy atom. The average Bonchev–Trinajstić information content (AvgIpc) is 3.36. The van der Waals surface area contributed by atoms with Crippen LogP contribution >= 0.6 is 34.3 Å². The zero-order valence-corrected chi connectivity index (χ0v) is 15.8. The van der Waals surface area contributed by atoms with Gasteiger partial charge in [0.2, 0.25) is 16.9 Å². The van der Waals surface area contributed by atoms with E-state index in [1.807, 2.05) is 16.8 Å². The smallest absolute Gasteiger partial charge is 0.239 e.